The number of carbonyl (C=O) groups is 2. The van der Waals surface area contributed by atoms with E-state index >= 15 is 0 Å². The second-order valence-corrected chi connectivity index (χ2v) is 7.72. The average Bonchev–Trinajstić information content (AvgIpc) is 3.36. The van der Waals surface area contributed by atoms with E-state index < -0.39 is 11.7 Å². The van der Waals surface area contributed by atoms with Gasteiger partial charge in [0, 0.05) is 22.0 Å². The summed E-state index contributed by atoms with van der Waals surface area (Å²) in [5.74, 6) is -1.19. The molecule has 0 unspecified atom stereocenters. The largest absolute Gasteiger partial charge is 0.341 e. The first-order valence-electron chi connectivity index (χ1n) is 8.01. The number of fused-ring (bicyclic) bond motifs is 1. The molecule has 1 amide bonds. The number of thiophene rings is 1. The molecule has 1 N–H and O–H groups in total. The normalized spacial score (nSPS) is 11.0. The van der Waals surface area contributed by atoms with Gasteiger partial charge in [-0.15, -0.1) is 11.3 Å². The standard InChI is InChI=1S/C19H15N3O2S2/c1-12-9-17(26-21-12)20-19(24)18(23)15-11-22(10-13-5-4-8-25-13)16-7-3-2-6-14(15)16/h2-9,11H,10H2,1H3,(H,20,24). The van der Waals surface area contributed by atoms with Crippen molar-refractivity contribution in [2.75, 3.05) is 5.32 Å². The highest BCUT2D eigenvalue weighted by molar-refractivity contribution is 7.10. The molecule has 0 aliphatic carbocycles. The third-order valence-electron chi connectivity index (χ3n) is 4.01. The summed E-state index contributed by atoms with van der Waals surface area (Å²) in [6.07, 6.45) is 1.77. The summed E-state index contributed by atoms with van der Waals surface area (Å²) in [4.78, 5) is 26.3. The number of nitrogens with zero attached hydrogens (tertiary/aromatic N) is 2. The molecule has 0 saturated heterocycles. The summed E-state index contributed by atoms with van der Waals surface area (Å²) in [6.45, 7) is 2.51. The lowest BCUT2D eigenvalue weighted by Gasteiger charge is -2.02. The average molecular weight is 381 g/mol. The van der Waals surface area contributed by atoms with Crippen LogP contribution in [0.5, 0.6) is 0 Å². The van der Waals surface area contributed by atoms with Gasteiger partial charge in [0.15, 0.2) is 0 Å². The lowest BCUT2D eigenvalue weighted by Crippen LogP contribution is -2.22. The minimum absolute atomic E-state index is 0.413. The number of hydrogen-bond acceptors (Lipinski definition) is 5. The van der Waals surface area contributed by atoms with Crippen LogP contribution < -0.4 is 5.32 Å². The number of carbonyl (C=O) groups excluding carboxylic acids is 2. The Bertz CT molecular complexity index is 1090. The predicted molar refractivity (Wildman–Crippen MR) is 105 cm³/mol. The van der Waals surface area contributed by atoms with Crippen molar-refractivity contribution in [1.29, 1.82) is 0 Å². The molecule has 0 aliphatic heterocycles. The lowest BCUT2D eigenvalue weighted by atomic mass is 10.1. The molecule has 0 fully saturated rings. The molecule has 26 heavy (non-hydrogen) atoms. The molecule has 7 heteroatoms. The van der Waals surface area contributed by atoms with E-state index in [1.165, 1.54) is 4.88 Å². The molecule has 5 nitrogen and oxygen atoms in total. The van der Waals surface area contributed by atoms with Crippen LogP contribution in [-0.4, -0.2) is 20.6 Å². The van der Waals surface area contributed by atoms with E-state index in [-0.39, 0.29) is 0 Å². The van der Waals surface area contributed by atoms with E-state index in [0.29, 0.717) is 17.1 Å². The predicted octanol–water partition coefficient (Wildman–Crippen LogP) is 4.34. The Morgan fingerprint density at radius 3 is 2.77 bits per heavy atom. The summed E-state index contributed by atoms with van der Waals surface area (Å²) < 4.78 is 6.12. The molecule has 0 spiro atoms. The fraction of sp³-hybridized carbons (Fsp3) is 0.105. The number of benzene rings is 1. The molecular weight excluding hydrogens is 366 g/mol. The zero-order valence-corrected chi connectivity index (χ0v) is 15.6. The second-order valence-electron chi connectivity index (χ2n) is 5.88. The third kappa shape index (κ3) is 3.18. The molecule has 0 aliphatic rings. The van der Waals surface area contributed by atoms with Gasteiger partial charge in [0.2, 0.25) is 0 Å². The Morgan fingerprint density at radius 2 is 2.04 bits per heavy atom. The zero-order chi connectivity index (χ0) is 18.1. The van der Waals surface area contributed by atoms with Gasteiger partial charge >= 0.3 is 0 Å². The first-order chi connectivity index (χ1) is 12.6. The topological polar surface area (TPSA) is 64.0 Å². The summed E-state index contributed by atoms with van der Waals surface area (Å²) >= 11 is 2.83. The molecule has 3 heterocycles. The molecule has 0 radical (unpaired) electrons. The van der Waals surface area contributed by atoms with Crippen LogP contribution in [-0.2, 0) is 11.3 Å². The van der Waals surface area contributed by atoms with Crippen molar-refractivity contribution in [3.05, 3.63) is 70.2 Å². The highest BCUT2D eigenvalue weighted by atomic mass is 32.1. The van der Waals surface area contributed by atoms with E-state index in [4.69, 9.17) is 0 Å². The number of Topliss-reactive ketones (excluding diaryl/α,β-unsaturated/α-hetero) is 1. The Labute approximate surface area is 158 Å². The molecule has 0 atom stereocenters. The highest BCUT2D eigenvalue weighted by Crippen LogP contribution is 2.24. The van der Waals surface area contributed by atoms with E-state index in [2.05, 4.69) is 15.8 Å². The Hall–Kier alpha value is -2.77. The number of ketones is 1. The van der Waals surface area contributed by atoms with Gasteiger partial charge < -0.3 is 9.88 Å². The molecule has 3 aromatic heterocycles. The van der Waals surface area contributed by atoms with Crippen LogP contribution in [0, 0.1) is 6.92 Å². The quantitative estimate of drug-likeness (QED) is 0.413. The number of amides is 1. The van der Waals surface area contributed by atoms with Gasteiger partial charge in [-0.05, 0) is 42.0 Å². The molecule has 130 valence electrons. The zero-order valence-electron chi connectivity index (χ0n) is 13.9. The van der Waals surface area contributed by atoms with Crippen molar-refractivity contribution in [2.45, 2.75) is 13.5 Å². The monoisotopic (exact) mass is 381 g/mol. The Morgan fingerprint density at radius 1 is 1.19 bits per heavy atom. The Balaban J connectivity index is 1.67. The Kier molecular flexibility index (Phi) is 4.40. The number of aryl methyl sites for hydroxylation is 1. The smallest absolute Gasteiger partial charge is 0.297 e. The summed E-state index contributed by atoms with van der Waals surface area (Å²) in [7, 11) is 0. The lowest BCUT2D eigenvalue weighted by molar-refractivity contribution is -0.112. The van der Waals surface area contributed by atoms with Crippen molar-refractivity contribution >= 4 is 50.5 Å². The number of para-hydroxylation sites is 1. The molecule has 4 aromatic rings. The van der Waals surface area contributed by atoms with Gasteiger partial charge in [-0.1, -0.05) is 24.3 Å². The van der Waals surface area contributed by atoms with Crippen LogP contribution in [0.4, 0.5) is 5.00 Å². The van der Waals surface area contributed by atoms with E-state index in [1.807, 2.05) is 47.2 Å². The van der Waals surface area contributed by atoms with Gasteiger partial charge in [-0.25, -0.2) is 0 Å². The van der Waals surface area contributed by atoms with Crippen molar-refractivity contribution < 1.29 is 9.59 Å². The molecular formula is C19H15N3O2S2. The van der Waals surface area contributed by atoms with E-state index in [9.17, 15) is 9.59 Å². The maximum absolute atomic E-state index is 12.7. The number of anilines is 1. The number of hydrogen-bond donors (Lipinski definition) is 1. The van der Waals surface area contributed by atoms with Gasteiger partial charge in [-0.3, -0.25) is 9.59 Å². The fourth-order valence-corrected chi connectivity index (χ4v) is 4.20. The van der Waals surface area contributed by atoms with Gasteiger partial charge in [0.1, 0.15) is 5.00 Å². The number of nitrogens with one attached hydrogen (secondary N) is 1. The van der Waals surface area contributed by atoms with Crippen LogP contribution in [0.2, 0.25) is 0 Å². The number of rotatable bonds is 5. The third-order valence-corrected chi connectivity index (χ3v) is 5.67. The number of aromatic nitrogens is 2. The van der Waals surface area contributed by atoms with Crippen molar-refractivity contribution in [1.82, 2.24) is 8.94 Å². The van der Waals surface area contributed by atoms with Gasteiger partial charge in [0.05, 0.1) is 17.8 Å². The van der Waals surface area contributed by atoms with E-state index in [1.54, 1.807) is 23.6 Å². The van der Waals surface area contributed by atoms with Crippen LogP contribution in [0.15, 0.2) is 54.0 Å². The fourth-order valence-electron chi connectivity index (χ4n) is 2.84. The van der Waals surface area contributed by atoms with Crippen LogP contribution in [0.1, 0.15) is 20.9 Å². The minimum Gasteiger partial charge on any atom is -0.341 e. The molecule has 0 saturated carbocycles. The van der Waals surface area contributed by atoms with Gasteiger partial charge in [0.25, 0.3) is 11.7 Å². The first kappa shape index (κ1) is 16.7. The summed E-state index contributed by atoms with van der Waals surface area (Å²) in [5.41, 5.74) is 2.16. The minimum atomic E-state index is -0.646. The van der Waals surface area contributed by atoms with Crippen LogP contribution in [0.25, 0.3) is 10.9 Å². The highest BCUT2D eigenvalue weighted by Gasteiger charge is 2.22. The maximum Gasteiger partial charge on any atom is 0.297 e. The second kappa shape index (κ2) is 6.86. The van der Waals surface area contributed by atoms with Gasteiger partial charge in [-0.2, -0.15) is 4.37 Å². The van der Waals surface area contributed by atoms with Crippen molar-refractivity contribution in [3.63, 3.8) is 0 Å². The molecule has 1 aromatic carbocycles. The van der Waals surface area contributed by atoms with Crippen molar-refractivity contribution in [2.24, 2.45) is 0 Å². The van der Waals surface area contributed by atoms with Crippen LogP contribution in [0.3, 0.4) is 0 Å². The summed E-state index contributed by atoms with van der Waals surface area (Å²) in [6, 6.07) is 13.4. The SMILES string of the molecule is Cc1cc(NC(=O)C(=O)c2cn(Cc3cccs3)c3ccccc23)sn1. The van der Waals surface area contributed by atoms with Crippen molar-refractivity contribution in [3.8, 4) is 0 Å². The van der Waals surface area contributed by atoms with Crippen LogP contribution >= 0.6 is 22.9 Å². The maximum atomic E-state index is 12.7. The van der Waals surface area contributed by atoms with E-state index in [0.717, 1.165) is 28.1 Å². The summed E-state index contributed by atoms with van der Waals surface area (Å²) in [5, 5.41) is 6.02. The molecule has 0 bridgehead atoms. The first-order valence-corrected chi connectivity index (χ1v) is 9.66. The molecule has 4 rings (SSSR count).